The summed E-state index contributed by atoms with van der Waals surface area (Å²) in [5.74, 6) is -0.898. The smallest absolute Gasteiger partial charge is 0.315 e. The zero-order valence-electron chi connectivity index (χ0n) is 34.7. The number of allylic oxidation sites excluding steroid dienone is 1. The van der Waals surface area contributed by atoms with Gasteiger partial charge in [0.2, 0.25) is 17.6 Å². The summed E-state index contributed by atoms with van der Waals surface area (Å²) in [5.41, 5.74) is -0.928. The maximum Gasteiger partial charge on any atom is 0.315 e. The van der Waals surface area contributed by atoms with Gasteiger partial charge in [0.25, 0.3) is 5.91 Å². The molecule has 12 heteroatoms. The topological polar surface area (TPSA) is 163 Å². The molecule has 6 saturated carbocycles. The summed E-state index contributed by atoms with van der Waals surface area (Å²) in [6.07, 6.45) is 15.7. The molecule has 312 valence electrons. The third-order valence-corrected chi connectivity index (χ3v) is 15.2. The van der Waals surface area contributed by atoms with Crippen LogP contribution in [0.5, 0.6) is 0 Å². The third kappa shape index (κ3) is 8.83. The van der Waals surface area contributed by atoms with E-state index in [2.05, 4.69) is 41.7 Å². The number of Topliss-reactive ketones (excluding diaryl/α,β-unsaturated/α-hetero) is 1. The van der Waals surface area contributed by atoms with E-state index in [1.54, 1.807) is 11.0 Å². The first kappa shape index (κ1) is 42.2. The van der Waals surface area contributed by atoms with Gasteiger partial charge in [0.15, 0.2) is 0 Å². The Hall–Kier alpha value is -3.44. The van der Waals surface area contributed by atoms with Crippen LogP contribution in [0.1, 0.15) is 144 Å². The Kier molecular flexibility index (Phi) is 12.9. The fourth-order valence-electron chi connectivity index (χ4n) is 12.1. The molecular weight excluding hydrogens is 711 g/mol. The van der Waals surface area contributed by atoms with Gasteiger partial charge in [-0.1, -0.05) is 60.0 Å². The van der Waals surface area contributed by atoms with Crippen LogP contribution in [0.4, 0.5) is 4.79 Å². The lowest BCUT2D eigenvalue weighted by Gasteiger charge is -2.56. The molecule has 12 nitrogen and oxygen atoms in total. The van der Waals surface area contributed by atoms with Crippen molar-refractivity contribution >= 4 is 35.5 Å². The molecule has 4 N–H and O–H groups in total. The SMILES string of the molecule is C=CCCC(NC(=O)[C@@H]1[C@@H]2[C@H](CN1C(=O)[C@@H](NC(=O)NC13CC4CC(CC(C4)C1)C3)C1CCCCC1)C2(C)C)C(=O)C(=O)NCCC(=O)OC(CC)(CC)CC. The lowest BCUT2D eigenvalue weighted by Crippen LogP contribution is -2.64. The Morgan fingerprint density at radius 2 is 1.50 bits per heavy atom. The number of urea groups is 1. The van der Waals surface area contributed by atoms with E-state index in [1.807, 2.05) is 20.8 Å². The molecule has 5 atom stereocenters. The quantitative estimate of drug-likeness (QED) is 0.0786. The molecule has 7 rings (SSSR count). The fourth-order valence-corrected chi connectivity index (χ4v) is 12.1. The molecule has 0 aromatic rings. The molecule has 1 unspecified atom stereocenters. The van der Waals surface area contributed by atoms with Gasteiger partial charge in [0, 0.05) is 18.6 Å². The van der Waals surface area contributed by atoms with Crippen molar-refractivity contribution in [1.29, 1.82) is 0 Å². The molecule has 0 aromatic heterocycles. The largest absolute Gasteiger partial charge is 0.459 e. The van der Waals surface area contributed by atoms with Crippen molar-refractivity contribution in [2.45, 2.75) is 173 Å². The second-order valence-electron chi connectivity index (χ2n) is 19.1. The standard InChI is InChI=1S/C44H69N5O7/c1-7-11-17-32(37(51)39(53)45-19-18-33(50)56-44(8-2,9-3)10-4)46-38(52)36-34-31(42(34,5)6)26-49(36)40(54)35(30-15-13-12-14-16-30)47-41(55)48-43-23-27-20-28(24-43)22-29(21-27)25-43/h7,27-32,34-36H,1,8-26H2,2-6H3,(H,45,53)(H,46,52)(H2,47,48,55)/t27?,28?,29?,31-,32?,34-,35-,36-,43?/m0/s1. The number of nitrogens with one attached hydrogen (secondary N) is 4. The van der Waals surface area contributed by atoms with Crippen molar-refractivity contribution < 1.29 is 33.5 Å². The molecule has 1 heterocycles. The van der Waals surface area contributed by atoms with E-state index in [4.69, 9.17) is 4.74 Å². The molecule has 6 aliphatic carbocycles. The van der Waals surface area contributed by atoms with E-state index in [9.17, 15) is 28.8 Å². The van der Waals surface area contributed by atoms with Gasteiger partial charge in [-0.3, -0.25) is 24.0 Å². The van der Waals surface area contributed by atoms with Gasteiger partial charge in [-0.2, -0.15) is 0 Å². The maximum absolute atomic E-state index is 14.8. The molecule has 56 heavy (non-hydrogen) atoms. The second-order valence-corrected chi connectivity index (χ2v) is 19.1. The molecular formula is C44H69N5O7. The van der Waals surface area contributed by atoms with Crippen molar-refractivity contribution in [3.63, 3.8) is 0 Å². The summed E-state index contributed by atoms with van der Waals surface area (Å²) < 4.78 is 5.73. The highest BCUT2D eigenvalue weighted by molar-refractivity contribution is 6.38. The highest BCUT2D eigenvalue weighted by Gasteiger charge is 2.70. The number of rotatable bonds is 18. The van der Waals surface area contributed by atoms with Crippen LogP contribution in [0, 0.1) is 40.9 Å². The number of esters is 1. The van der Waals surface area contributed by atoms with Crippen LogP contribution in [-0.4, -0.2) is 82.8 Å². The van der Waals surface area contributed by atoms with Crippen LogP contribution in [0.25, 0.3) is 0 Å². The van der Waals surface area contributed by atoms with Crippen molar-refractivity contribution in [1.82, 2.24) is 26.2 Å². The molecule has 0 spiro atoms. The lowest BCUT2D eigenvalue weighted by molar-refractivity contribution is -0.161. The number of carbonyl (C=O) groups excluding carboxylic acids is 6. The van der Waals surface area contributed by atoms with Crippen LogP contribution < -0.4 is 21.3 Å². The van der Waals surface area contributed by atoms with Crippen LogP contribution >= 0.6 is 0 Å². The molecule has 4 bridgehead atoms. The number of likely N-dealkylation sites (tertiary alicyclic amines) is 1. The molecule has 1 aliphatic heterocycles. The number of amides is 5. The Balaban J connectivity index is 1.12. The van der Waals surface area contributed by atoms with E-state index >= 15 is 0 Å². The first-order valence-electron chi connectivity index (χ1n) is 22.0. The zero-order valence-corrected chi connectivity index (χ0v) is 34.7. The zero-order chi connectivity index (χ0) is 40.4. The molecule has 1 saturated heterocycles. The predicted octanol–water partition coefficient (Wildman–Crippen LogP) is 5.72. The summed E-state index contributed by atoms with van der Waals surface area (Å²) >= 11 is 0. The van der Waals surface area contributed by atoms with Gasteiger partial charge in [-0.05, 0) is 124 Å². The number of ketones is 1. The molecule has 7 fully saturated rings. The third-order valence-electron chi connectivity index (χ3n) is 15.2. The Morgan fingerprint density at radius 1 is 0.893 bits per heavy atom. The fraction of sp³-hybridized carbons (Fsp3) is 0.818. The van der Waals surface area contributed by atoms with Gasteiger partial charge in [-0.25, -0.2) is 4.79 Å². The lowest BCUT2D eigenvalue weighted by atomic mass is 9.53. The highest BCUT2D eigenvalue weighted by atomic mass is 16.6. The minimum Gasteiger partial charge on any atom is -0.459 e. The summed E-state index contributed by atoms with van der Waals surface area (Å²) in [4.78, 5) is 84.0. The number of fused-ring (bicyclic) bond motifs is 1. The summed E-state index contributed by atoms with van der Waals surface area (Å²) in [7, 11) is 0. The van der Waals surface area contributed by atoms with Crippen LogP contribution in [0.2, 0.25) is 0 Å². The van der Waals surface area contributed by atoms with E-state index in [0.29, 0.717) is 50.0 Å². The number of hydrogen-bond acceptors (Lipinski definition) is 7. The summed E-state index contributed by atoms with van der Waals surface area (Å²) in [6, 6.07) is -3.02. The Labute approximate surface area is 334 Å². The average molecular weight is 780 g/mol. The average Bonchev–Trinajstić information content (AvgIpc) is 3.46. The van der Waals surface area contributed by atoms with E-state index in [0.717, 1.165) is 51.4 Å². The number of carbonyl (C=O) groups is 6. The molecule has 0 aromatic carbocycles. The number of piperidine rings is 1. The van der Waals surface area contributed by atoms with E-state index in [-0.39, 0.29) is 60.0 Å². The van der Waals surface area contributed by atoms with Gasteiger partial charge in [-0.15, -0.1) is 6.58 Å². The van der Waals surface area contributed by atoms with Gasteiger partial charge >= 0.3 is 12.0 Å². The van der Waals surface area contributed by atoms with Gasteiger partial charge in [0.05, 0.1) is 12.5 Å². The van der Waals surface area contributed by atoms with Gasteiger partial charge in [0.1, 0.15) is 17.7 Å². The van der Waals surface area contributed by atoms with Crippen molar-refractivity contribution in [2.24, 2.45) is 40.9 Å². The van der Waals surface area contributed by atoms with E-state index in [1.165, 1.54) is 19.3 Å². The van der Waals surface area contributed by atoms with Gasteiger partial charge < -0.3 is 30.9 Å². The maximum atomic E-state index is 14.8. The number of hydrogen-bond donors (Lipinski definition) is 4. The predicted molar refractivity (Wildman–Crippen MR) is 213 cm³/mol. The van der Waals surface area contributed by atoms with Crippen LogP contribution in [0.15, 0.2) is 12.7 Å². The summed E-state index contributed by atoms with van der Waals surface area (Å²) in [6.45, 7) is 14.2. The first-order chi connectivity index (χ1) is 26.7. The number of ether oxygens (including phenoxy) is 1. The van der Waals surface area contributed by atoms with Crippen molar-refractivity contribution in [2.75, 3.05) is 13.1 Å². The van der Waals surface area contributed by atoms with Crippen LogP contribution in [-0.2, 0) is 28.7 Å². The number of nitrogens with zero attached hydrogens (tertiary/aromatic N) is 1. The molecule has 5 amide bonds. The Bertz CT molecular complexity index is 1470. The normalized spacial score (nSPS) is 31.1. The monoisotopic (exact) mass is 780 g/mol. The van der Waals surface area contributed by atoms with Crippen LogP contribution in [0.3, 0.4) is 0 Å². The summed E-state index contributed by atoms with van der Waals surface area (Å²) in [5, 5.41) is 12.0. The minimum atomic E-state index is -1.14. The second kappa shape index (κ2) is 17.2. The first-order valence-corrected chi connectivity index (χ1v) is 22.0. The highest BCUT2D eigenvalue weighted by Crippen LogP contribution is 2.65. The van der Waals surface area contributed by atoms with Crippen molar-refractivity contribution in [3.8, 4) is 0 Å². The minimum absolute atomic E-state index is 0.0303. The molecule has 0 radical (unpaired) electrons. The van der Waals surface area contributed by atoms with Crippen molar-refractivity contribution in [3.05, 3.63) is 12.7 Å². The molecule has 7 aliphatic rings. The Morgan fingerprint density at radius 3 is 2.07 bits per heavy atom. The van der Waals surface area contributed by atoms with E-state index < -0.39 is 47.3 Å².